The highest BCUT2D eigenvalue weighted by Crippen LogP contribution is 2.49. The average molecular weight is 578 g/mol. The zero-order valence-electron chi connectivity index (χ0n) is 27.2. The molecule has 0 spiro atoms. The maximum Gasteiger partial charge on any atom is 0.252 e. The van der Waals surface area contributed by atoms with Crippen LogP contribution in [0.15, 0.2) is 150 Å². The van der Waals surface area contributed by atoms with E-state index in [0.29, 0.717) is 11.2 Å². The third-order valence-electron chi connectivity index (χ3n) is 9.53. The Morgan fingerprint density at radius 1 is 0.511 bits per heavy atom. The number of nitrogens with zero attached hydrogens (tertiary/aromatic N) is 2. The quantitative estimate of drug-likeness (QED) is 0.191. The second-order valence-corrected chi connectivity index (χ2v) is 11.8. The normalized spacial score (nSPS) is 14.6. The minimum Gasteiger partial charge on any atom is -0.455 e. The summed E-state index contributed by atoms with van der Waals surface area (Å²) in [4.78, 5) is 4.75. The van der Waals surface area contributed by atoms with Gasteiger partial charge in [0.15, 0.2) is 0 Å². The van der Waals surface area contributed by atoms with Crippen molar-refractivity contribution in [2.24, 2.45) is 0 Å². The molecule has 3 nitrogen and oxygen atoms in total. The highest BCUT2D eigenvalue weighted by Gasteiger charge is 2.45. The Balaban J connectivity index is 1.43. The molecule has 210 valence electrons. The van der Waals surface area contributed by atoms with Crippen LogP contribution in [0.5, 0.6) is 0 Å². The Labute approximate surface area is 265 Å². The Morgan fingerprint density at radius 3 is 1.89 bits per heavy atom. The maximum atomic E-state index is 8.37. The van der Waals surface area contributed by atoms with E-state index >= 15 is 0 Å². The van der Waals surface area contributed by atoms with E-state index < -0.39 is 6.85 Å². The summed E-state index contributed by atoms with van der Waals surface area (Å²) < 4.78 is 31.8. The molecule has 0 saturated carbocycles. The molecule has 1 aromatic heterocycles. The van der Waals surface area contributed by atoms with Crippen molar-refractivity contribution < 1.29 is 8.53 Å². The fraction of sp³-hybridized carbons (Fsp3) is 0.0244. The van der Waals surface area contributed by atoms with Crippen LogP contribution >= 0.6 is 0 Å². The molecule has 0 aliphatic carbocycles. The van der Waals surface area contributed by atoms with Gasteiger partial charge in [0.1, 0.15) is 11.2 Å². The number of hydrogen-bond acceptors (Lipinski definition) is 3. The predicted octanol–water partition coefficient (Wildman–Crippen LogP) is 9.13. The zero-order valence-corrected chi connectivity index (χ0v) is 24.2. The topological polar surface area (TPSA) is 19.6 Å². The van der Waals surface area contributed by atoms with Crippen LogP contribution in [0.25, 0.3) is 32.7 Å². The van der Waals surface area contributed by atoms with Crippen LogP contribution in [0.2, 0.25) is 0 Å². The minimum absolute atomic E-state index is 0.0904. The van der Waals surface area contributed by atoms with Gasteiger partial charge in [-0.25, -0.2) is 0 Å². The summed E-state index contributed by atoms with van der Waals surface area (Å²) in [5, 5.41) is 3.78. The Bertz CT molecular complexity index is 2580. The zero-order chi connectivity index (χ0) is 32.1. The smallest absolute Gasteiger partial charge is 0.252 e. The second-order valence-electron chi connectivity index (χ2n) is 11.8. The van der Waals surface area contributed by atoms with E-state index in [2.05, 4.69) is 125 Å². The van der Waals surface area contributed by atoms with Gasteiger partial charge >= 0.3 is 0 Å². The fourth-order valence-corrected chi connectivity index (χ4v) is 7.81. The van der Waals surface area contributed by atoms with E-state index in [1.165, 1.54) is 16.4 Å². The molecule has 0 amide bonds. The predicted molar refractivity (Wildman–Crippen MR) is 190 cm³/mol. The monoisotopic (exact) mass is 577 g/mol. The number of anilines is 6. The van der Waals surface area contributed by atoms with Crippen molar-refractivity contribution >= 4 is 89.9 Å². The average Bonchev–Trinajstić information content (AvgIpc) is 3.52. The highest BCUT2D eigenvalue weighted by molar-refractivity contribution is 7.02. The number of para-hydroxylation sites is 4. The molecule has 10 rings (SSSR count). The molecule has 0 radical (unpaired) electrons. The van der Waals surface area contributed by atoms with E-state index in [1.54, 1.807) is 6.07 Å². The molecule has 45 heavy (non-hydrogen) atoms. The summed E-state index contributed by atoms with van der Waals surface area (Å²) in [6, 6.07) is 50.3. The second kappa shape index (κ2) is 9.14. The summed E-state index contributed by atoms with van der Waals surface area (Å²) >= 11 is 0. The maximum absolute atomic E-state index is 8.37. The van der Waals surface area contributed by atoms with Crippen LogP contribution in [0, 0.1) is 6.85 Å². The van der Waals surface area contributed by atoms with Crippen molar-refractivity contribution in [3.63, 3.8) is 0 Å². The van der Waals surface area contributed by atoms with Crippen molar-refractivity contribution in [3.8, 4) is 0 Å². The van der Waals surface area contributed by atoms with Crippen molar-refractivity contribution in [2.45, 2.75) is 6.85 Å². The SMILES string of the molecule is [2H]C([2H])([2H])c1cccc2c1oc1c3ccccc3c3c(c21)N(c1ccccc1)c1cccc2c1B3c1ccccc1N2c1ccccc1. The van der Waals surface area contributed by atoms with Crippen molar-refractivity contribution in [1.29, 1.82) is 0 Å². The first-order valence-electron chi connectivity index (χ1n) is 16.8. The molecule has 0 N–H and O–H groups in total. The summed E-state index contributed by atoms with van der Waals surface area (Å²) in [6.45, 7) is -2.42. The van der Waals surface area contributed by atoms with Gasteiger partial charge in [-0.15, -0.1) is 0 Å². The lowest BCUT2D eigenvalue weighted by molar-refractivity contribution is 0.669. The van der Waals surface area contributed by atoms with E-state index in [0.717, 1.165) is 55.7 Å². The van der Waals surface area contributed by atoms with Crippen LogP contribution in [-0.4, -0.2) is 6.71 Å². The lowest BCUT2D eigenvalue weighted by atomic mass is 9.33. The molecule has 0 saturated heterocycles. The van der Waals surface area contributed by atoms with Gasteiger partial charge in [0.2, 0.25) is 0 Å². The molecule has 0 fully saturated rings. The summed E-state index contributed by atoms with van der Waals surface area (Å²) in [6.07, 6.45) is 0. The van der Waals surface area contributed by atoms with E-state index in [9.17, 15) is 0 Å². The number of fused-ring (bicyclic) bond motifs is 11. The third kappa shape index (κ3) is 3.26. The summed E-state index contributed by atoms with van der Waals surface area (Å²) in [7, 11) is 0. The Morgan fingerprint density at radius 2 is 1.11 bits per heavy atom. The Hall–Kier alpha value is -5.74. The van der Waals surface area contributed by atoms with Crippen molar-refractivity contribution in [2.75, 3.05) is 9.80 Å². The highest BCUT2D eigenvalue weighted by atomic mass is 16.3. The van der Waals surface area contributed by atoms with Gasteiger partial charge in [0, 0.05) is 43.3 Å². The number of aryl methyl sites for hydroxylation is 1. The van der Waals surface area contributed by atoms with E-state index in [-0.39, 0.29) is 12.3 Å². The van der Waals surface area contributed by atoms with Crippen molar-refractivity contribution in [3.05, 3.63) is 151 Å². The van der Waals surface area contributed by atoms with Crippen LogP contribution in [-0.2, 0) is 0 Å². The molecule has 3 heterocycles. The van der Waals surface area contributed by atoms with Gasteiger partial charge in [0.25, 0.3) is 6.71 Å². The summed E-state index contributed by atoms with van der Waals surface area (Å²) in [5.74, 6) is 0. The van der Waals surface area contributed by atoms with Crippen molar-refractivity contribution in [1.82, 2.24) is 0 Å². The molecule has 2 aliphatic rings. The largest absolute Gasteiger partial charge is 0.455 e. The molecule has 0 unspecified atom stereocenters. The molecular weight excluding hydrogens is 547 g/mol. The first kappa shape index (κ1) is 21.9. The van der Waals surface area contributed by atoms with Crippen LogP contribution in [0.3, 0.4) is 0 Å². The molecule has 4 heteroatoms. The van der Waals surface area contributed by atoms with Gasteiger partial charge in [-0.2, -0.15) is 0 Å². The van der Waals surface area contributed by atoms with E-state index in [4.69, 9.17) is 8.53 Å². The van der Waals surface area contributed by atoms with Gasteiger partial charge in [-0.1, -0.05) is 103 Å². The van der Waals surface area contributed by atoms with Gasteiger partial charge in [-0.3, -0.25) is 0 Å². The molecule has 2 aliphatic heterocycles. The number of benzene rings is 7. The van der Waals surface area contributed by atoms with Crippen LogP contribution < -0.4 is 26.2 Å². The van der Waals surface area contributed by atoms with E-state index in [1.807, 2.05) is 24.3 Å². The Kier molecular flexibility index (Phi) is 4.44. The first-order valence-corrected chi connectivity index (χ1v) is 15.3. The molecule has 0 atom stereocenters. The number of furan rings is 1. The van der Waals surface area contributed by atoms with Gasteiger partial charge < -0.3 is 14.2 Å². The van der Waals surface area contributed by atoms with Gasteiger partial charge in [0.05, 0.1) is 11.1 Å². The van der Waals surface area contributed by atoms with Gasteiger partial charge in [-0.05, 0) is 76.7 Å². The van der Waals surface area contributed by atoms with Crippen LogP contribution in [0.4, 0.5) is 34.1 Å². The summed E-state index contributed by atoms with van der Waals surface area (Å²) in [5.41, 5.74) is 11.5. The minimum atomic E-state index is -2.33. The lowest BCUT2D eigenvalue weighted by Gasteiger charge is -2.44. The molecule has 8 aromatic rings. The molecular formula is C41H27BN2O. The first-order chi connectivity index (χ1) is 23.5. The third-order valence-corrected chi connectivity index (χ3v) is 9.53. The fourth-order valence-electron chi connectivity index (χ4n) is 7.81. The molecule has 7 aromatic carbocycles. The number of hydrogen-bond donors (Lipinski definition) is 0. The van der Waals surface area contributed by atoms with Crippen LogP contribution in [0.1, 0.15) is 9.68 Å². The lowest BCUT2D eigenvalue weighted by Crippen LogP contribution is -2.61. The number of rotatable bonds is 2. The standard InChI is InChI=1S/C41H27BN2O/c1-26-14-12-21-31-36-39-37(29-19-8-9-20-30(29)41(36)45-40(26)31)42-32-22-10-11-23-33(32)43(27-15-4-2-5-16-27)34-24-13-25-35(38(34)42)44(39)28-17-6-3-7-18-28/h2-25H,1H3/i1D3. The molecule has 0 bridgehead atoms.